The first-order valence-electron chi connectivity index (χ1n) is 6.38. The summed E-state index contributed by atoms with van der Waals surface area (Å²) in [5, 5.41) is 11.0. The molecule has 2 N–H and O–H groups in total. The van der Waals surface area contributed by atoms with Crippen molar-refractivity contribution >= 4 is 17.8 Å². The molecule has 0 aromatic carbocycles. The molecule has 1 aliphatic rings. The quantitative estimate of drug-likeness (QED) is 0.686. The number of morpholine rings is 1. The fourth-order valence-electron chi connectivity index (χ4n) is 1.83. The SMILES string of the molecule is CC(NC(=O)CCCC(=O)O)C(=O)N1CCOCC1. The van der Waals surface area contributed by atoms with Crippen molar-refractivity contribution < 1.29 is 24.2 Å². The van der Waals surface area contributed by atoms with Gasteiger partial charge < -0.3 is 20.1 Å². The lowest BCUT2D eigenvalue weighted by Gasteiger charge is -2.29. The zero-order valence-corrected chi connectivity index (χ0v) is 11.1. The van der Waals surface area contributed by atoms with Gasteiger partial charge in [-0.25, -0.2) is 0 Å². The van der Waals surface area contributed by atoms with E-state index in [1.807, 2.05) is 0 Å². The zero-order chi connectivity index (χ0) is 14.3. The van der Waals surface area contributed by atoms with Gasteiger partial charge in [0.05, 0.1) is 13.2 Å². The van der Waals surface area contributed by atoms with Crippen molar-refractivity contribution in [1.29, 1.82) is 0 Å². The molecule has 1 saturated heterocycles. The second kappa shape index (κ2) is 7.73. The summed E-state index contributed by atoms with van der Waals surface area (Å²) in [5.41, 5.74) is 0. The predicted molar refractivity (Wildman–Crippen MR) is 66.5 cm³/mol. The van der Waals surface area contributed by atoms with Crippen molar-refractivity contribution in [3.8, 4) is 0 Å². The monoisotopic (exact) mass is 272 g/mol. The second-order valence-electron chi connectivity index (χ2n) is 4.47. The molecule has 1 atom stereocenters. The highest BCUT2D eigenvalue weighted by Gasteiger charge is 2.23. The lowest BCUT2D eigenvalue weighted by molar-refractivity contribution is -0.140. The Labute approximate surface area is 111 Å². The number of nitrogens with one attached hydrogen (secondary N) is 1. The highest BCUT2D eigenvalue weighted by atomic mass is 16.5. The number of carboxylic acids is 1. The van der Waals surface area contributed by atoms with E-state index >= 15 is 0 Å². The lowest BCUT2D eigenvalue weighted by atomic mass is 10.2. The third-order valence-electron chi connectivity index (χ3n) is 2.87. The molecule has 7 heteroatoms. The van der Waals surface area contributed by atoms with E-state index in [1.54, 1.807) is 11.8 Å². The van der Waals surface area contributed by atoms with Crippen molar-refractivity contribution in [1.82, 2.24) is 10.2 Å². The summed E-state index contributed by atoms with van der Waals surface area (Å²) >= 11 is 0. The number of ether oxygens (including phenoxy) is 1. The highest BCUT2D eigenvalue weighted by Crippen LogP contribution is 2.02. The van der Waals surface area contributed by atoms with E-state index in [1.165, 1.54) is 0 Å². The van der Waals surface area contributed by atoms with E-state index in [9.17, 15) is 14.4 Å². The first kappa shape index (κ1) is 15.4. The third-order valence-corrected chi connectivity index (χ3v) is 2.87. The maximum Gasteiger partial charge on any atom is 0.303 e. The van der Waals surface area contributed by atoms with Gasteiger partial charge in [0.2, 0.25) is 11.8 Å². The molecule has 0 radical (unpaired) electrons. The van der Waals surface area contributed by atoms with Crippen LogP contribution in [0.1, 0.15) is 26.2 Å². The summed E-state index contributed by atoms with van der Waals surface area (Å²) in [6, 6.07) is -0.588. The number of amides is 2. The van der Waals surface area contributed by atoms with Gasteiger partial charge >= 0.3 is 5.97 Å². The molecule has 19 heavy (non-hydrogen) atoms. The number of hydrogen-bond acceptors (Lipinski definition) is 4. The van der Waals surface area contributed by atoms with Crippen LogP contribution in [0.3, 0.4) is 0 Å². The van der Waals surface area contributed by atoms with Gasteiger partial charge in [-0.05, 0) is 13.3 Å². The number of carbonyl (C=O) groups is 3. The number of rotatable bonds is 6. The predicted octanol–water partition coefficient (Wildman–Crippen LogP) is -0.395. The molecule has 1 rings (SSSR count). The van der Waals surface area contributed by atoms with Crippen LogP contribution in [0.4, 0.5) is 0 Å². The molecule has 7 nitrogen and oxygen atoms in total. The Hall–Kier alpha value is -1.63. The van der Waals surface area contributed by atoms with Crippen LogP contribution in [0.15, 0.2) is 0 Å². The van der Waals surface area contributed by atoms with Crippen LogP contribution in [0, 0.1) is 0 Å². The molecule has 0 spiro atoms. The number of nitrogens with zero attached hydrogens (tertiary/aromatic N) is 1. The van der Waals surface area contributed by atoms with Gasteiger partial charge in [-0.2, -0.15) is 0 Å². The van der Waals surface area contributed by atoms with Gasteiger partial charge in [-0.15, -0.1) is 0 Å². The molecule has 1 aliphatic heterocycles. The van der Waals surface area contributed by atoms with Crippen LogP contribution >= 0.6 is 0 Å². The molecule has 0 saturated carbocycles. The molecule has 0 aromatic rings. The van der Waals surface area contributed by atoms with Gasteiger partial charge in [0.1, 0.15) is 6.04 Å². The fourth-order valence-corrected chi connectivity index (χ4v) is 1.83. The Bertz CT molecular complexity index is 339. The Balaban J connectivity index is 2.28. The molecule has 0 bridgehead atoms. The topological polar surface area (TPSA) is 95.9 Å². The van der Waals surface area contributed by atoms with Crippen LogP contribution in [0.25, 0.3) is 0 Å². The second-order valence-corrected chi connectivity index (χ2v) is 4.47. The number of carbonyl (C=O) groups excluding carboxylic acids is 2. The van der Waals surface area contributed by atoms with E-state index in [4.69, 9.17) is 9.84 Å². The van der Waals surface area contributed by atoms with Gasteiger partial charge in [0.15, 0.2) is 0 Å². The molecule has 0 aromatic heterocycles. The smallest absolute Gasteiger partial charge is 0.303 e. The van der Waals surface area contributed by atoms with Crippen molar-refractivity contribution in [3.05, 3.63) is 0 Å². The van der Waals surface area contributed by atoms with Crippen molar-refractivity contribution in [2.45, 2.75) is 32.2 Å². The van der Waals surface area contributed by atoms with E-state index in [0.717, 1.165) is 0 Å². The van der Waals surface area contributed by atoms with Gasteiger partial charge in [0, 0.05) is 25.9 Å². The maximum absolute atomic E-state index is 12.0. The molecule has 1 unspecified atom stereocenters. The minimum atomic E-state index is -0.926. The number of aliphatic carboxylic acids is 1. The van der Waals surface area contributed by atoms with E-state index < -0.39 is 12.0 Å². The Kier molecular flexibility index (Phi) is 6.27. The van der Waals surface area contributed by atoms with E-state index in [0.29, 0.717) is 26.3 Å². The molecule has 1 heterocycles. The normalized spacial score (nSPS) is 16.8. The zero-order valence-electron chi connectivity index (χ0n) is 11.1. The fraction of sp³-hybridized carbons (Fsp3) is 0.750. The maximum atomic E-state index is 12.0. The molecule has 2 amide bonds. The highest BCUT2D eigenvalue weighted by molar-refractivity contribution is 5.87. The largest absolute Gasteiger partial charge is 0.481 e. The molecule has 1 fully saturated rings. The van der Waals surface area contributed by atoms with Crippen LogP contribution in [0.2, 0.25) is 0 Å². The Morgan fingerprint density at radius 1 is 1.26 bits per heavy atom. The summed E-state index contributed by atoms with van der Waals surface area (Å²) in [6.07, 6.45) is 0.353. The summed E-state index contributed by atoms with van der Waals surface area (Å²) in [7, 11) is 0. The standard InChI is InChI=1S/C12H20N2O5/c1-9(12(18)14-5-7-19-8-6-14)13-10(15)3-2-4-11(16)17/h9H,2-8H2,1H3,(H,13,15)(H,16,17). The third kappa shape index (κ3) is 5.69. The van der Waals surface area contributed by atoms with Crippen LogP contribution in [-0.4, -0.2) is 60.1 Å². The Morgan fingerprint density at radius 3 is 2.47 bits per heavy atom. The Morgan fingerprint density at radius 2 is 1.89 bits per heavy atom. The van der Waals surface area contributed by atoms with Crippen LogP contribution < -0.4 is 5.32 Å². The van der Waals surface area contributed by atoms with Crippen molar-refractivity contribution in [2.24, 2.45) is 0 Å². The molecular formula is C12H20N2O5. The number of hydrogen-bond donors (Lipinski definition) is 2. The molecule has 0 aliphatic carbocycles. The van der Waals surface area contributed by atoms with E-state index in [2.05, 4.69) is 5.32 Å². The minimum Gasteiger partial charge on any atom is -0.481 e. The summed E-state index contributed by atoms with van der Waals surface area (Å²) < 4.78 is 5.15. The van der Waals surface area contributed by atoms with Crippen LogP contribution in [-0.2, 0) is 19.1 Å². The molecular weight excluding hydrogens is 252 g/mol. The summed E-state index contributed by atoms with van der Waals surface area (Å²) in [4.78, 5) is 35.5. The van der Waals surface area contributed by atoms with Gasteiger partial charge in [0.25, 0.3) is 0 Å². The van der Waals surface area contributed by atoms with E-state index in [-0.39, 0.29) is 31.1 Å². The first-order valence-corrected chi connectivity index (χ1v) is 6.38. The number of carboxylic acid groups (broad SMARTS) is 1. The van der Waals surface area contributed by atoms with Gasteiger partial charge in [-0.3, -0.25) is 14.4 Å². The van der Waals surface area contributed by atoms with Crippen molar-refractivity contribution in [3.63, 3.8) is 0 Å². The summed E-state index contributed by atoms with van der Waals surface area (Å²) in [6.45, 7) is 3.75. The van der Waals surface area contributed by atoms with Gasteiger partial charge in [-0.1, -0.05) is 0 Å². The summed E-state index contributed by atoms with van der Waals surface area (Å²) in [5.74, 6) is -1.35. The first-order chi connectivity index (χ1) is 9.00. The van der Waals surface area contributed by atoms with Crippen molar-refractivity contribution in [2.75, 3.05) is 26.3 Å². The molecule has 108 valence electrons. The lowest BCUT2D eigenvalue weighted by Crippen LogP contribution is -2.50. The minimum absolute atomic E-state index is 0.0424. The average molecular weight is 272 g/mol. The van der Waals surface area contributed by atoms with Crippen LogP contribution in [0.5, 0.6) is 0 Å². The average Bonchev–Trinajstić information content (AvgIpc) is 2.38.